The molecule has 1 aliphatic rings. The van der Waals surface area contributed by atoms with Crippen LogP contribution in [0, 0.1) is 19.8 Å². The van der Waals surface area contributed by atoms with E-state index in [0.717, 1.165) is 36.0 Å². The number of carbonyl (C=O) groups excluding carboxylic acids is 1. The minimum atomic E-state index is 0. The van der Waals surface area contributed by atoms with Gasteiger partial charge in [0.05, 0.1) is 10.7 Å². The fourth-order valence-electron chi connectivity index (χ4n) is 3.08. The van der Waals surface area contributed by atoms with Crippen LogP contribution in [-0.2, 0) is 11.2 Å². The van der Waals surface area contributed by atoms with Crippen LogP contribution < -0.4 is 10.6 Å². The van der Waals surface area contributed by atoms with Crippen LogP contribution in [0.1, 0.15) is 48.2 Å². The molecule has 8 heteroatoms. The maximum Gasteiger partial charge on any atom is 0.243 e. The summed E-state index contributed by atoms with van der Waals surface area (Å²) >= 11 is 1.75. The zero-order valence-corrected chi connectivity index (χ0v) is 20.3. The van der Waals surface area contributed by atoms with E-state index >= 15 is 0 Å². The van der Waals surface area contributed by atoms with Crippen LogP contribution in [0.5, 0.6) is 0 Å². The first-order chi connectivity index (χ1) is 12.4. The zero-order valence-electron chi connectivity index (χ0n) is 17.2. The number of hydrogen-bond donors (Lipinski definition) is 2. The Hall–Kier alpha value is -0.900. The standard InChI is InChI=1S/C19H33N5OS.HI/c1-13-8-6-7-9-16(13)23-19(21-12-18(25)24(4)5)20-11-10-17-22-14(2)15(3)26-17;/h13,16H,6-12H2,1-5H3,(H2,20,21,23);1H. The molecule has 0 bridgehead atoms. The van der Waals surface area contributed by atoms with Crippen molar-refractivity contribution in [3.63, 3.8) is 0 Å². The van der Waals surface area contributed by atoms with Crippen molar-refractivity contribution >= 4 is 47.2 Å². The van der Waals surface area contributed by atoms with Gasteiger partial charge in [0.2, 0.25) is 5.91 Å². The van der Waals surface area contributed by atoms with Gasteiger partial charge in [0.15, 0.2) is 5.96 Å². The van der Waals surface area contributed by atoms with E-state index in [9.17, 15) is 4.79 Å². The second-order valence-corrected chi connectivity index (χ2v) is 8.68. The average molecular weight is 507 g/mol. The molecule has 2 N–H and O–H groups in total. The number of halogens is 1. The molecule has 1 fully saturated rings. The number of nitrogens with zero attached hydrogens (tertiary/aromatic N) is 3. The zero-order chi connectivity index (χ0) is 19.1. The van der Waals surface area contributed by atoms with E-state index in [1.807, 2.05) is 0 Å². The highest BCUT2D eigenvalue weighted by Crippen LogP contribution is 2.23. The topological polar surface area (TPSA) is 69.6 Å². The summed E-state index contributed by atoms with van der Waals surface area (Å²) in [5, 5.41) is 8.09. The lowest BCUT2D eigenvalue weighted by Crippen LogP contribution is -2.48. The second-order valence-electron chi connectivity index (χ2n) is 7.39. The van der Waals surface area contributed by atoms with Crippen molar-refractivity contribution < 1.29 is 4.79 Å². The lowest BCUT2D eigenvalue weighted by atomic mass is 9.86. The summed E-state index contributed by atoms with van der Waals surface area (Å²) in [6.07, 6.45) is 5.83. The number of thiazole rings is 1. The van der Waals surface area contributed by atoms with Crippen molar-refractivity contribution in [3.8, 4) is 0 Å². The molecule has 0 saturated heterocycles. The van der Waals surface area contributed by atoms with E-state index in [1.54, 1.807) is 30.3 Å². The van der Waals surface area contributed by atoms with Gasteiger partial charge in [0, 0.05) is 38.0 Å². The van der Waals surface area contributed by atoms with Crippen LogP contribution in [0.25, 0.3) is 0 Å². The van der Waals surface area contributed by atoms with E-state index in [-0.39, 0.29) is 36.4 Å². The van der Waals surface area contributed by atoms with Gasteiger partial charge in [0.25, 0.3) is 0 Å². The van der Waals surface area contributed by atoms with Gasteiger partial charge in [0.1, 0.15) is 6.54 Å². The summed E-state index contributed by atoms with van der Waals surface area (Å²) in [4.78, 5) is 23.8. The molecule has 27 heavy (non-hydrogen) atoms. The van der Waals surface area contributed by atoms with Crippen molar-refractivity contribution in [2.75, 3.05) is 27.2 Å². The molecule has 0 aromatic carbocycles. The number of likely N-dealkylation sites (N-methyl/N-ethyl adjacent to an activating group) is 1. The van der Waals surface area contributed by atoms with Crippen LogP contribution in [-0.4, -0.2) is 55.0 Å². The molecule has 0 aliphatic heterocycles. The molecule has 1 heterocycles. The number of carbonyl (C=O) groups is 1. The normalized spacial score (nSPS) is 20.0. The highest BCUT2D eigenvalue weighted by atomic mass is 127. The molecule has 1 amide bonds. The molecule has 0 spiro atoms. The van der Waals surface area contributed by atoms with Crippen molar-refractivity contribution in [2.24, 2.45) is 10.9 Å². The van der Waals surface area contributed by atoms with Crippen molar-refractivity contribution in [1.29, 1.82) is 0 Å². The second kappa shape index (κ2) is 11.8. The fraction of sp³-hybridized carbons (Fsp3) is 0.737. The Morgan fingerprint density at radius 2 is 2.00 bits per heavy atom. The summed E-state index contributed by atoms with van der Waals surface area (Å²) in [5.41, 5.74) is 1.12. The number of rotatable bonds is 6. The van der Waals surface area contributed by atoms with Gasteiger partial charge >= 0.3 is 0 Å². The molecule has 2 unspecified atom stereocenters. The van der Waals surface area contributed by atoms with E-state index in [0.29, 0.717) is 12.0 Å². The largest absolute Gasteiger partial charge is 0.356 e. The predicted octanol–water partition coefficient (Wildman–Crippen LogP) is 3.12. The van der Waals surface area contributed by atoms with Gasteiger partial charge in [-0.3, -0.25) is 4.79 Å². The van der Waals surface area contributed by atoms with E-state index in [4.69, 9.17) is 0 Å². The highest BCUT2D eigenvalue weighted by molar-refractivity contribution is 14.0. The first kappa shape index (κ1) is 24.1. The van der Waals surface area contributed by atoms with Gasteiger partial charge in [-0.05, 0) is 32.6 Å². The van der Waals surface area contributed by atoms with Crippen LogP contribution in [0.2, 0.25) is 0 Å². The first-order valence-corrected chi connectivity index (χ1v) is 10.4. The van der Waals surface area contributed by atoms with Crippen molar-refractivity contribution in [3.05, 3.63) is 15.6 Å². The molecule has 1 saturated carbocycles. The third-order valence-corrected chi connectivity index (χ3v) is 6.14. The van der Waals surface area contributed by atoms with Crippen LogP contribution in [0.3, 0.4) is 0 Å². The Morgan fingerprint density at radius 3 is 2.59 bits per heavy atom. The molecule has 1 aromatic rings. The number of amides is 1. The van der Waals surface area contributed by atoms with Gasteiger partial charge in [-0.1, -0.05) is 19.8 Å². The van der Waals surface area contributed by atoms with Gasteiger partial charge in [-0.2, -0.15) is 0 Å². The fourth-order valence-corrected chi connectivity index (χ4v) is 4.01. The number of nitrogens with one attached hydrogen (secondary N) is 2. The quantitative estimate of drug-likeness (QED) is 0.353. The SMILES string of the molecule is Cc1nc(CCNC(=NCC(=O)N(C)C)NC2CCCCC2C)sc1C.I. The third-order valence-electron chi connectivity index (χ3n) is 5.01. The summed E-state index contributed by atoms with van der Waals surface area (Å²) in [5.74, 6) is 1.38. The minimum Gasteiger partial charge on any atom is -0.356 e. The van der Waals surface area contributed by atoms with Gasteiger partial charge in [-0.25, -0.2) is 9.98 Å². The molecule has 2 atom stereocenters. The number of aromatic nitrogens is 1. The third kappa shape index (κ3) is 7.93. The summed E-state index contributed by atoms with van der Waals surface area (Å²) < 4.78 is 0. The molecule has 1 aromatic heterocycles. The van der Waals surface area contributed by atoms with Crippen LogP contribution in [0.15, 0.2) is 4.99 Å². The summed E-state index contributed by atoms with van der Waals surface area (Å²) in [6, 6.07) is 0.425. The number of aliphatic imine (C=N–C) groups is 1. The average Bonchev–Trinajstić information content (AvgIpc) is 2.91. The van der Waals surface area contributed by atoms with E-state index in [2.05, 4.69) is 41.4 Å². The number of aryl methyl sites for hydroxylation is 2. The maximum absolute atomic E-state index is 11.9. The smallest absolute Gasteiger partial charge is 0.243 e. The van der Waals surface area contributed by atoms with E-state index in [1.165, 1.54) is 24.1 Å². The van der Waals surface area contributed by atoms with Crippen LogP contribution >= 0.6 is 35.3 Å². The Morgan fingerprint density at radius 1 is 1.30 bits per heavy atom. The summed E-state index contributed by atoms with van der Waals surface area (Å²) in [7, 11) is 3.52. The van der Waals surface area contributed by atoms with Crippen LogP contribution in [0.4, 0.5) is 0 Å². The number of hydrogen-bond acceptors (Lipinski definition) is 4. The Labute approximate surface area is 184 Å². The monoisotopic (exact) mass is 507 g/mol. The predicted molar refractivity (Wildman–Crippen MR) is 124 cm³/mol. The maximum atomic E-state index is 11.9. The first-order valence-electron chi connectivity index (χ1n) is 9.54. The van der Waals surface area contributed by atoms with Gasteiger partial charge in [-0.15, -0.1) is 35.3 Å². The van der Waals surface area contributed by atoms with Crippen molar-refractivity contribution in [1.82, 2.24) is 20.5 Å². The van der Waals surface area contributed by atoms with E-state index < -0.39 is 0 Å². The summed E-state index contributed by atoms with van der Waals surface area (Å²) in [6.45, 7) is 7.37. The number of guanidine groups is 1. The molecule has 1 aliphatic carbocycles. The minimum absolute atomic E-state index is 0. The highest BCUT2D eigenvalue weighted by Gasteiger charge is 2.22. The molecular formula is C19H34IN5OS. The van der Waals surface area contributed by atoms with Crippen molar-refractivity contribution in [2.45, 2.75) is 58.9 Å². The lowest BCUT2D eigenvalue weighted by molar-refractivity contribution is -0.127. The molecule has 6 nitrogen and oxygen atoms in total. The Balaban J connectivity index is 0.00000364. The lowest BCUT2D eigenvalue weighted by Gasteiger charge is -2.31. The Bertz CT molecular complexity index is 612. The molecule has 0 radical (unpaired) electrons. The molecule has 154 valence electrons. The molecule has 2 rings (SSSR count). The Kier molecular flexibility index (Phi) is 10.6. The molecular weight excluding hydrogens is 473 g/mol. The van der Waals surface area contributed by atoms with Gasteiger partial charge < -0.3 is 15.5 Å².